The van der Waals surface area contributed by atoms with Gasteiger partial charge in [0.25, 0.3) is 0 Å². The Balaban J connectivity index is 1.84. The maximum atomic E-state index is 11.9. The number of phenolic OH excluding ortho intramolecular Hbond substituents is 1. The Morgan fingerprint density at radius 2 is 1.80 bits per heavy atom. The summed E-state index contributed by atoms with van der Waals surface area (Å²) in [5.41, 5.74) is 1.64. The predicted octanol–water partition coefficient (Wildman–Crippen LogP) is 2.55. The fourth-order valence-corrected chi connectivity index (χ4v) is 2.23. The van der Waals surface area contributed by atoms with E-state index in [1.807, 2.05) is 0 Å². The lowest BCUT2D eigenvalue weighted by molar-refractivity contribution is 0.0600. The summed E-state index contributed by atoms with van der Waals surface area (Å²) >= 11 is 0. The van der Waals surface area contributed by atoms with Crippen molar-refractivity contribution in [1.29, 1.82) is 0 Å². The third-order valence-electron chi connectivity index (χ3n) is 3.55. The van der Waals surface area contributed by atoms with Crippen molar-refractivity contribution in [3.05, 3.63) is 53.6 Å². The van der Waals surface area contributed by atoms with Gasteiger partial charge in [0.2, 0.25) is 0 Å². The molecule has 0 unspecified atom stereocenters. The zero-order chi connectivity index (χ0) is 18.2. The summed E-state index contributed by atoms with van der Waals surface area (Å²) < 4.78 is 9.65. The van der Waals surface area contributed by atoms with Gasteiger partial charge in [-0.3, -0.25) is 0 Å². The average Bonchev–Trinajstić information content (AvgIpc) is 2.63. The molecule has 0 saturated carbocycles. The highest BCUT2D eigenvalue weighted by molar-refractivity contribution is 5.92. The molecule has 2 amide bonds. The Bertz CT molecular complexity index is 744. The van der Waals surface area contributed by atoms with Gasteiger partial charge in [-0.25, -0.2) is 9.59 Å². The molecule has 25 heavy (non-hydrogen) atoms. The van der Waals surface area contributed by atoms with E-state index in [1.165, 1.54) is 14.2 Å². The van der Waals surface area contributed by atoms with Gasteiger partial charge in [0, 0.05) is 12.2 Å². The van der Waals surface area contributed by atoms with Crippen LogP contribution in [0.15, 0.2) is 42.5 Å². The van der Waals surface area contributed by atoms with Crippen LogP contribution in [-0.4, -0.2) is 37.9 Å². The molecule has 0 aliphatic rings. The summed E-state index contributed by atoms with van der Waals surface area (Å²) in [5, 5.41) is 15.3. The van der Waals surface area contributed by atoms with Crippen molar-refractivity contribution in [2.75, 3.05) is 26.1 Å². The number of hydrogen-bond acceptors (Lipinski definition) is 5. The fourth-order valence-electron chi connectivity index (χ4n) is 2.23. The highest BCUT2D eigenvalue weighted by Gasteiger charge is 2.08. The van der Waals surface area contributed by atoms with Crippen molar-refractivity contribution in [3.8, 4) is 11.5 Å². The van der Waals surface area contributed by atoms with E-state index in [0.29, 0.717) is 35.5 Å². The van der Waals surface area contributed by atoms with Crippen molar-refractivity contribution < 1.29 is 24.2 Å². The summed E-state index contributed by atoms with van der Waals surface area (Å²) in [7, 11) is 2.79. The quantitative estimate of drug-likeness (QED) is 0.700. The normalized spacial score (nSPS) is 10.0. The number of aromatic hydroxyl groups is 1. The lowest BCUT2D eigenvalue weighted by Gasteiger charge is -2.10. The van der Waals surface area contributed by atoms with Crippen molar-refractivity contribution in [2.24, 2.45) is 0 Å². The van der Waals surface area contributed by atoms with Crippen LogP contribution in [0.2, 0.25) is 0 Å². The molecule has 0 heterocycles. The van der Waals surface area contributed by atoms with E-state index in [4.69, 9.17) is 4.74 Å². The summed E-state index contributed by atoms with van der Waals surface area (Å²) in [4.78, 5) is 23.2. The number of para-hydroxylation sites is 1. The second-order valence-electron chi connectivity index (χ2n) is 5.17. The minimum absolute atomic E-state index is 0.0746. The van der Waals surface area contributed by atoms with E-state index in [2.05, 4.69) is 15.4 Å². The van der Waals surface area contributed by atoms with Crippen LogP contribution in [0.5, 0.6) is 11.5 Å². The first-order valence-electron chi connectivity index (χ1n) is 7.63. The average molecular weight is 344 g/mol. The van der Waals surface area contributed by atoms with Gasteiger partial charge in [-0.2, -0.15) is 0 Å². The molecule has 0 radical (unpaired) electrons. The molecule has 0 bridgehead atoms. The Hall–Kier alpha value is -3.22. The van der Waals surface area contributed by atoms with Crippen LogP contribution in [0, 0.1) is 0 Å². The van der Waals surface area contributed by atoms with E-state index in [1.54, 1.807) is 42.5 Å². The smallest absolute Gasteiger partial charge is 0.337 e. The number of carbonyl (C=O) groups is 2. The zero-order valence-corrected chi connectivity index (χ0v) is 14.0. The molecule has 0 atom stereocenters. The number of anilines is 1. The fraction of sp³-hybridized carbons (Fsp3) is 0.222. The minimum Gasteiger partial charge on any atom is -0.504 e. The number of esters is 1. The molecule has 0 aromatic heterocycles. The number of methoxy groups -OCH3 is 2. The van der Waals surface area contributed by atoms with Crippen LogP contribution in [0.25, 0.3) is 0 Å². The zero-order valence-electron chi connectivity index (χ0n) is 14.0. The number of hydrogen-bond donors (Lipinski definition) is 3. The molecule has 0 saturated heterocycles. The topological polar surface area (TPSA) is 96.9 Å². The maximum absolute atomic E-state index is 11.9. The van der Waals surface area contributed by atoms with Crippen LogP contribution >= 0.6 is 0 Å². The Morgan fingerprint density at radius 1 is 1.08 bits per heavy atom. The van der Waals surface area contributed by atoms with Gasteiger partial charge in [0.1, 0.15) is 0 Å². The lowest BCUT2D eigenvalue weighted by atomic mass is 10.1. The van der Waals surface area contributed by atoms with E-state index >= 15 is 0 Å². The van der Waals surface area contributed by atoms with Crippen molar-refractivity contribution in [3.63, 3.8) is 0 Å². The summed E-state index contributed by atoms with van der Waals surface area (Å²) in [6, 6.07) is 11.2. The summed E-state index contributed by atoms with van der Waals surface area (Å²) in [6.45, 7) is 0.340. The van der Waals surface area contributed by atoms with E-state index in [9.17, 15) is 14.7 Å². The first kappa shape index (κ1) is 18.1. The number of benzene rings is 2. The number of carbonyl (C=O) groups excluding carboxylic acids is 2. The van der Waals surface area contributed by atoms with Crippen molar-refractivity contribution in [2.45, 2.75) is 6.42 Å². The summed E-state index contributed by atoms with van der Waals surface area (Å²) in [6.07, 6.45) is 0.456. The molecule has 7 nitrogen and oxygen atoms in total. The van der Waals surface area contributed by atoms with E-state index < -0.39 is 5.97 Å². The number of phenols is 1. The molecule has 2 aromatic carbocycles. The van der Waals surface area contributed by atoms with Gasteiger partial charge in [0.15, 0.2) is 11.5 Å². The molecular formula is C18H20N2O5. The SMILES string of the molecule is COC(=O)c1ccc(NC(=O)NCCc2cccc(OC)c2O)cc1. The van der Waals surface area contributed by atoms with E-state index in [-0.39, 0.29) is 11.8 Å². The second kappa shape index (κ2) is 8.58. The van der Waals surface area contributed by atoms with Crippen molar-refractivity contribution in [1.82, 2.24) is 5.32 Å². The minimum atomic E-state index is -0.436. The second-order valence-corrected chi connectivity index (χ2v) is 5.17. The highest BCUT2D eigenvalue weighted by Crippen LogP contribution is 2.29. The molecule has 2 rings (SSSR count). The van der Waals surface area contributed by atoms with Gasteiger partial charge in [-0.05, 0) is 42.3 Å². The van der Waals surface area contributed by atoms with Gasteiger partial charge in [-0.15, -0.1) is 0 Å². The van der Waals surface area contributed by atoms with Crippen LogP contribution in [0.3, 0.4) is 0 Å². The number of amides is 2. The Morgan fingerprint density at radius 3 is 2.44 bits per heavy atom. The molecule has 2 aromatic rings. The number of urea groups is 1. The van der Waals surface area contributed by atoms with Crippen LogP contribution < -0.4 is 15.4 Å². The molecule has 0 spiro atoms. The maximum Gasteiger partial charge on any atom is 0.337 e. The van der Waals surface area contributed by atoms with Gasteiger partial charge in [0.05, 0.1) is 19.8 Å². The molecule has 3 N–H and O–H groups in total. The van der Waals surface area contributed by atoms with E-state index in [0.717, 1.165) is 0 Å². The standard InChI is InChI=1S/C18H20N2O5/c1-24-15-5-3-4-12(16(15)21)10-11-19-18(23)20-14-8-6-13(7-9-14)17(22)25-2/h3-9,21H,10-11H2,1-2H3,(H2,19,20,23). The number of nitrogens with one attached hydrogen (secondary N) is 2. The van der Waals surface area contributed by atoms with Gasteiger partial charge in [-0.1, -0.05) is 12.1 Å². The van der Waals surface area contributed by atoms with Crippen molar-refractivity contribution >= 4 is 17.7 Å². The molecule has 0 fully saturated rings. The number of rotatable bonds is 6. The molecule has 0 aliphatic carbocycles. The van der Waals surface area contributed by atoms with Crippen LogP contribution in [0.4, 0.5) is 10.5 Å². The largest absolute Gasteiger partial charge is 0.504 e. The van der Waals surface area contributed by atoms with Gasteiger partial charge < -0.3 is 25.2 Å². The Kier molecular flexibility index (Phi) is 6.22. The number of ether oxygens (including phenoxy) is 2. The van der Waals surface area contributed by atoms with Crippen LogP contribution in [-0.2, 0) is 11.2 Å². The first-order valence-corrected chi connectivity index (χ1v) is 7.63. The highest BCUT2D eigenvalue weighted by atomic mass is 16.5. The molecule has 7 heteroatoms. The molecular weight excluding hydrogens is 324 g/mol. The third kappa shape index (κ3) is 4.87. The lowest BCUT2D eigenvalue weighted by Crippen LogP contribution is -2.30. The van der Waals surface area contributed by atoms with Gasteiger partial charge >= 0.3 is 12.0 Å². The molecule has 132 valence electrons. The molecule has 0 aliphatic heterocycles. The Labute approximate surface area is 145 Å². The predicted molar refractivity (Wildman–Crippen MR) is 93.2 cm³/mol. The van der Waals surface area contributed by atoms with Crippen LogP contribution in [0.1, 0.15) is 15.9 Å². The monoisotopic (exact) mass is 344 g/mol. The summed E-state index contributed by atoms with van der Waals surface area (Å²) in [5.74, 6) is 0.0346. The third-order valence-corrected chi connectivity index (χ3v) is 3.55. The first-order chi connectivity index (χ1) is 12.0.